The number of esters is 1. The van der Waals surface area contributed by atoms with E-state index in [0.717, 1.165) is 5.56 Å². The molecule has 1 aliphatic heterocycles. The number of aromatic nitrogens is 3. The number of rotatable bonds is 5. The zero-order chi connectivity index (χ0) is 17.1. The molecular weight excluding hydrogens is 308 g/mol. The molecule has 0 saturated heterocycles. The second-order valence-electron chi connectivity index (χ2n) is 5.22. The van der Waals surface area contributed by atoms with Crippen LogP contribution in [0.25, 0.3) is 0 Å². The van der Waals surface area contributed by atoms with Crippen molar-refractivity contribution in [2.24, 2.45) is 0 Å². The Labute approximate surface area is 139 Å². The fourth-order valence-corrected chi connectivity index (χ4v) is 2.75. The van der Waals surface area contributed by atoms with Gasteiger partial charge in [0.1, 0.15) is 24.7 Å². The average molecular weight is 326 g/mol. The van der Waals surface area contributed by atoms with Crippen LogP contribution in [0.3, 0.4) is 0 Å². The van der Waals surface area contributed by atoms with Crippen LogP contribution in [0, 0.1) is 0 Å². The molecule has 0 radical (unpaired) electrons. The SMILES string of the molecule is C=CCOC(=O)C1=C(C)Nc2ncnn2[C@H]1c1ccccc1OC. The van der Waals surface area contributed by atoms with E-state index in [1.165, 1.54) is 12.4 Å². The van der Waals surface area contributed by atoms with Gasteiger partial charge in [-0.3, -0.25) is 0 Å². The second-order valence-corrected chi connectivity index (χ2v) is 5.22. The number of allylic oxidation sites excluding steroid dienone is 1. The Balaban J connectivity index is 2.14. The Morgan fingerprint density at radius 2 is 2.25 bits per heavy atom. The third-order valence-corrected chi connectivity index (χ3v) is 3.78. The number of hydrogen-bond acceptors (Lipinski definition) is 6. The van der Waals surface area contributed by atoms with Gasteiger partial charge in [-0.2, -0.15) is 10.1 Å². The molecule has 2 aromatic rings. The van der Waals surface area contributed by atoms with Gasteiger partial charge in [0.05, 0.1) is 12.7 Å². The number of methoxy groups -OCH3 is 1. The molecule has 24 heavy (non-hydrogen) atoms. The number of carbonyl (C=O) groups excluding carboxylic acids is 1. The lowest BCUT2D eigenvalue weighted by Gasteiger charge is -2.28. The molecule has 1 aromatic heterocycles. The first-order valence-corrected chi connectivity index (χ1v) is 7.45. The summed E-state index contributed by atoms with van der Waals surface area (Å²) in [5, 5.41) is 7.35. The molecule has 1 aliphatic rings. The van der Waals surface area contributed by atoms with Crippen molar-refractivity contribution in [2.45, 2.75) is 13.0 Å². The molecule has 0 spiro atoms. The van der Waals surface area contributed by atoms with Crippen LogP contribution in [-0.4, -0.2) is 34.5 Å². The molecule has 1 aromatic carbocycles. The van der Waals surface area contributed by atoms with E-state index in [2.05, 4.69) is 22.0 Å². The highest BCUT2D eigenvalue weighted by atomic mass is 16.5. The summed E-state index contributed by atoms with van der Waals surface area (Å²) >= 11 is 0. The lowest BCUT2D eigenvalue weighted by atomic mass is 9.95. The molecule has 3 rings (SSSR count). The van der Waals surface area contributed by atoms with E-state index < -0.39 is 12.0 Å². The highest BCUT2D eigenvalue weighted by molar-refractivity contribution is 5.92. The standard InChI is InChI=1S/C17H18N4O3/c1-4-9-24-16(22)14-11(2)20-17-18-10-19-21(17)15(14)12-7-5-6-8-13(12)23-3/h4-8,10,15H,1,9H2,2-3H3,(H,18,19,20)/t15-/m0/s1. The van der Waals surface area contributed by atoms with Gasteiger partial charge in [-0.25, -0.2) is 9.48 Å². The van der Waals surface area contributed by atoms with Crippen molar-refractivity contribution in [1.29, 1.82) is 0 Å². The first-order chi connectivity index (χ1) is 11.7. The number of anilines is 1. The van der Waals surface area contributed by atoms with Crippen molar-refractivity contribution in [2.75, 3.05) is 19.0 Å². The van der Waals surface area contributed by atoms with Gasteiger partial charge in [-0.15, -0.1) is 0 Å². The average Bonchev–Trinajstić information content (AvgIpc) is 3.06. The largest absolute Gasteiger partial charge is 0.496 e. The third kappa shape index (κ3) is 2.64. The first kappa shape index (κ1) is 15.8. The zero-order valence-electron chi connectivity index (χ0n) is 13.5. The van der Waals surface area contributed by atoms with Crippen LogP contribution in [0.15, 0.2) is 54.5 Å². The van der Waals surface area contributed by atoms with Crippen molar-refractivity contribution in [3.05, 3.63) is 60.1 Å². The van der Waals surface area contributed by atoms with Crippen LogP contribution in [0.2, 0.25) is 0 Å². The number of benzene rings is 1. The monoisotopic (exact) mass is 326 g/mol. The quantitative estimate of drug-likeness (QED) is 0.671. The van der Waals surface area contributed by atoms with Gasteiger partial charge in [0.15, 0.2) is 0 Å². The van der Waals surface area contributed by atoms with Gasteiger partial charge in [-0.05, 0) is 13.0 Å². The molecule has 0 saturated carbocycles. The van der Waals surface area contributed by atoms with Crippen molar-refractivity contribution < 1.29 is 14.3 Å². The first-order valence-electron chi connectivity index (χ1n) is 7.45. The van der Waals surface area contributed by atoms with E-state index in [9.17, 15) is 4.79 Å². The van der Waals surface area contributed by atoms with Crippen LogP contribution in [0.5, 0.6) is 5.75 Å². The fraction of sp³-hybridized carbons (Fsp3) is 0.235. The van der Waals surface area contributed by atoms with Crippen molar-refractivity contribution in [1.82, 2.24) is 14.8 Å². The summed E-state index contributed by atoms with van der Waals surface area (Å²) in [4.78, 5) is 16.8. The maximum atomic E-state index is 12.6. The summed E-state index contributed by atoms with van der Waals surface area (Å²) < 4.78 is 12.4. The van der Waals surface area contributed by atoms with Gasteiger partial charge in [0, 0.05) is 11.3 Å². The number of hydrogen-bond donors (Lipinski definition) is 1. The van der Waals surface area contributed by atoms with E-state index in [0.29, 0.717) is 23.0 Å². The van der Waals surface area contributed by atoms with Crippen LogP contribution in [0.1, 0.15) is 18.5 Å². The molecule has 1 N–H and O–H groups in total. The molecule has 7 heteroatoms. The normalized spacial score (nSPS) is 16.2. The summed E-state index contributed by atoms with van der Waals surface area (Å²) in [6.45, 7) is 5.52. The maximum absolute atomic E-state index is 12.6. The van der Waals surface area contributed by atoms with Crippen LogP contribution in [0.4, 0.5) is 5.95 Å². The number of ether oxygens (including phenoxy) is 2. The van der Waals surface area contributed by atoms with Crippen molar-refractivity contribution >= 4 is 11.9 Å². The molecule has 0 bridgehead atoms. The molecule has 0 aliphatic carbocycles. The van der Waals surface area contributed by atoms with E-state index in [-0.39, 0.29) is 6.61 Å². The van der Waals surface area contributed by atoms with Gasteiger partial charge >= 0.3 is 5.97 Å². The minimum atomic E-state index is -0.489. The highest BCUT2D eigenvalue weighted by Crippen LogP contribution is 2.38. The van der Waals surface area contributed by atoms with Crippen molar-refractivity contribution in [3.8, 4) is 5.75 Å². The van der Waals surface area contributed by atoms with Gasteiger partial charge < -0.3 is 14.8 Å². The highest BCUT2D eigenvalue weighted by Gasteiger charge is 2.35. The molecule has 0 unspecified atom stereocenters. The fourth-order valence-electron chi connectivity index (χ4n) is 2.75. The minimum absolute atomic E-state index is 0.137. The number of nitrogens with one attached hydrogen (secondary N) is 1. The summed E-state index contributed by atoms with van der Waals surface area (Å²) in [6, 6.07) is 7.01. The molecule has 0 amide bonds. The molecule has 7 nitrogen and oxygen atoms in total. The van der Waals surface area contributed by atoms with E-state index >= 15 is 0 Å². The predicted octanol–water partition coefficient (Wildman–Crippen LogP) is 2.30. The summed E-state index contributed by atoms with van der Waals surface area (Å²) in [6.07, 6.45) is 2.97. The Kier molecular flexibility index (Phi) is 4.33. The van der Waals surface area contributed by atoms with Gasteiger partial charge in [0.2, 0.25) is 5.95 Å². The van der Waals surface area contributed by atoms with E-state index in [1.807, 2.05) is 31.2 Å². The summed E-state index contributed by atoms with van der Waals surface area (Å²) in [7, 11) is 1.59. The number of fused-ring (bicyclic) bond motifs is 1. The number of carbonyl (C=O) groups is 1. The van der Waals surface area contributed by atoms with E-state index in [4.69, 9.17) is 9.47 Å². The van der Waals surface area contributed by atoms with Crippen molar-refractivity contribution in [3.63, 3.8) is 0 Å². The topological polar surface area (TPSA) is 78.3 Å². The molecule has 124 valence electrons. The molecule has 1 atom stereocenters. The third-order valence-electron chi connectivity index (χ3n) is 3.78. The Morgan fingerprint density at radius 1 is 1.46 bits per heavy atom. The van der Waals surface area contributed by atoms with E-state index in [1.54, 1.807) is 11.8 Å². The Bertz CT molecular complexity index is 810. The smallest absolute Gasteiger partial charge is 0.338 e. The lowest BCUT2D eigenvalue weighted by Crippen LogP contribution is -2.30. The molecule has 2 heterocycles. The summed E-state index contributed by atoms with van der Waals surface area (Å²) in [5.41, 5.74) is 1.93. The molecule has 0 fully saturated rings. The second kappa shape index (κ2) is 6.57. The summed E-state index contributed by atoms with van der Waals surface area (Å²) in [5.74, 6) is 0.785. The maximum Gasteiger partial charge on any atom is 0.338 e. The van der Waals surface area contributed by atoms with Gasteiger partial charge in [-0.1, -0.05) is 30.9 Å². The lowest BCUT2D eigenvalue weighted by molar-refractivity contribution is -0.138. The van der Waals surface area contributed by atoms with Crippen LogP contribution < -0.4 is 10.1 Å². The molecular formula is C17H18N4O3. The van der Waals surface area contributed by atoms with Crippen LogP contribution >= 0.6 is 0 Å². The zero-order valence-corrected chi connectivity index (χ0v) is 13.5. The Morgan fingerprint density at radius 3 is 3.00 bits per heavy atom. The Hall–Kier alpha value is -3.09. The van der Waals surface area contributed by atoms with Crippen LogP contribution in [-0.2, 0) is 9.53 Å². The van der Waals surface area contributed by atoms with Gasteiger partial charge in [0.25, 0.3) is 0 Å². The number of nitrogens with zero attached hydrogens (tertiary/aromatic N) is 3. The number of para-hydroxylation sites is 1. The predicted molar refractivity (Wildman–Crippen MR) is 88.6 cm³/mol. The minimum Gasteiger partial charge on any atom is -0.496 e.